The summed E-state index contributed by atoms with van der Waals surface area (Å²) in [7, 11) is 1.57. The minimum Gasteiger partial charge on any atom is -0.497 e. The number of nitrogens with one attached hydrogen (secondary N) is 1. The highest BCUT2D eigenvalue weighted by molar-refractivity contribution is 5.93. The van der Waals surface area contributed by atoms with Crippen LogP contribution in [0.4, 0.5) is 5.69 Å². The van der Waals surface area contributed by atoms with Crippen molar-refractivity contribution in [3.05, 3.63) is 59.7 Å². The van der Waals surface area contributed by atoms with E-state index in [0.717, 1.165) is 37.3 Å². The average molecular weight is 492 g/mol. The smallest absolute Gasteiger partial charge is 0.303 e. The number of rotatable bonds is 8. The molecule has 4 aliphatic heterocycles. The second kappa shape index (κ2) is 9.01. The van der Waals surface area contributed by atoms with Crippen LogP contribution in [0.25, 0.3) is 0 Å². The summed E-state index contributed by atoms with van der Waals surface area (Å²) in [4.78, 5) is 42.0. The number of benzene rings is 2. The van der Waals surface area contributed by atoms with Gasteiger partial charge in [-0.05, 0) is 35.4 Å². The molecule has 4 fully saturated rings. The van der Waals surface area contributed by atoms with Crippen LogP contribution < -0.4 is 10.1 Å². The Morgan fingerprint density at radius 2 is 1.53 bits per heavy atom. The summed E-state index contributed by atoms with van der Waals surface area (Å²) in [6.07, 6.45) is 0.0707. The molecule has 1 amide bonds. The number of hydrogen-bond donors (Lipinski definition) is 2. The van der Waals surface area contributed by atoms with Crippen molar-refractivity contribution in [2.75, 3.05) is 38.6 Å². The van der Waals surface area contributed by atoms with Crippen LogP contribution in [0.1, 0.15) is 49.9 Å². The number of carboxylic acid groups (broad SMARTS) is 1. The van der Waals surface area contributed by atoms with Gasteiger partial charge in [-0.15, -0.1) is 0 Å². The zero-order valence-electron chi connectivity index (χ0n) is 21.0. The van der Waals surface area contributed by atoms with Gasteiger partial charge >= 0.3 is 5.97 Å². The Labute approximate surface area is 211 Å². The fourth-order valence-electron chi connectivity index (χ4n) is 6.59. The fourth-order valence-corrected chi connectivity index (χ4v) is 6.59. The number of Topliss-reactive ketones (excluding diaryl/α,β-unsaturated/α-hetero) is 1. The Hall–Kier alpha value is -3.23. The zero-order chi connectivity index (χ0) is 25.7. The predicted octanol–water partition coefficient (Wildman–Crippen LogP) is 3.51. The first kappa shape index (κ1) is 24.5. The van der Waals surface area contributed by atoms with Crippen molar-refractivity contribution < 1.29 is 24.2 Å². The molecule has 4 saturated heterocycles. The van der Waals surface area contributed by atoms with Crippen molar-refractivity contribution in [2.45, 2.75) is 38.8 Å². The first-order chi connectivity index (χ1) is 17.1. The number of carbonyl (C=O) groups is 3. The number of carboxylic acids is 1. The van der Waals surface area contributed by atoms with Gasteiger partial charge in [0.25, 0.3) is 0 Å². The van der Waals surface area contributed by atoms with Gasteiger partial charge in [0.2, 0.25) is 5.91 Å². The van der Waals surface area contributed by atoms with E-state index in [9.17, 15) is 19.5 Å². The molecule has 0 aromatic heterocycles. The van der Waals surface area contributed by atoms with E-state index in [0.29, 0.717) is 17.2 Å². The van der Waals surface area contributed by atoms with Crippen molar-refractivity contribution in [2.24, 2.45) is 10.8 Å². The Morgan fingerprint density at radius 1 is 0.972 bits per heavy atom. The molecule has 190 valence electrons. The third-order valence-electron chi connectivity index (χ3n) is 7.93. The molecular weight excluding hydrogens is 458 g/mol. The van der Waals surface area contributed by atoms with Crippen LogP contribution in [0.5, 0.6) is 5.75 Å². The number of anilines is 1. The maximum absolute atomic E-state index is 12.9. The number of amides is 1. The van der Waals surface area contributed by atoms with Gasteiger partial charge in [-0.3, -0.25) is 24.2 Å². The van der Waals surface area contributed by atoms with E-state index in [1.807, 2.05) is 24.3 Å². The average Bonchev–Trinajstić information content (AvgIpc) is 2.82. The van der Waals surface area contributed by atoms with Crippen molar-refractivity contribution >= 4 is 23.3 Å². The monoisotopic (exact) mass is 491 g/mol. The van der Waals surface area contributed by atoms with Gasteiger partial charge in [0.1, 0.15) is 11.5 Å². The lowest BCUT2D eigenvalue weighted by atomic mass is 9.62. The van der Waals surface area contributed by atoms with Crippen LogP contribution in [0.2, 0.25) is 0 Å². The maximum atomic E-state index is 12.9. The lowest BCUT2D eigenvalue weighted by Crippen LogP contribution is -2.75. The van der Waals surface area contributed by atoms with Crippen molar-refractivity contribution in [3.63, 3.8) is 0 Å². The molecule has 36 heavy (non-hydrogen) atoms. The van der Waals surface area contributed by atoms with E-state index in [-0.39, 0.29) is 35.7 Å². The van der Waals surface area contributed by atoms with Gasteiger partial charge in [0, 0.05) is 44.2 Å². The molecule has 1 unspecified atom stereocenters. The molecule has 0 radical (unpaired) electrons. The van der Waals surface area contributed by atoms with Crippen LogP contribution in [0, 0.1) is 10.8 Å². The molecule has 1 atom stereocenters. The number of methoxy groups -OCH3 is 1. The molecule has 2 aromatic rings. The molecule has 2 N–H and O–H groups in total. The zero-order valence-corrected chi connectivity index (χ0v) is 21.0. The molecule has 0 aliphatic carbocycles. The first-order valence-corrected chi connectivity index (χ1v) is 12.4. The number of hydrogen-bond acceptors (Lipinski definition) is 6. The third kappa shape index (κ3) is 4.40. The number of carbonyl (C=O) groups excluding carboxylic acids is 2. The van der Waals surface area contributed by atoms with E-state index >= 15 is 0 Å². The van der Waals surface area contributed by atoms with Crippen LogP contribution in [-0.2, 0) is 14.4 Å². The molecule has 4 bridgehead atoms. The first-order valence-electron chi connectivity index (χ1n) is 12.4. The topological polar surface area (TPSA) is 99.2 Å². The summed E-state index contributed by atoms with van der Waals surface area (Å²) < 4.78 is 5.17. The molecule has 0 saturated carbocycles. The molecule has 4 aliphatic rings. The van der Waals surface area contributed by atoms with Crippen molar-refractivity contribution in [1.29, 1.82) is 0 Å². The number of nitrogens with zero attached hydrogens (tertiary/aromatic N) is 2. The van der Waals surface area contributed by atoms with Gasteiger partial charge in [0.05, 0.1) is 30.5 Å². The second-order valence-electron chi connectivity index (χ2n) is 11.1. The van der Waals surface area contributed by atoms with Crippen LogP contribution >= 0.6 is 0 Å². The molecule has 6 rings (SSSR count). The summed E-state index contributed by atoms with van der Waals surface area (Å²) in [5.74, 6) is -0.537. The van der Waals surface area contributed by atoms with Gasteiger partial charge in [-0.1, -0.05) is 38.1 Å². The Balaban J connectivity index is 1.25. The van der Waals surface area contributed by atoms with Gasteiger partial charge < -0.3 is 15.2 Å². The van der Waals surface area contributed by atoms with E-state index in [2.05, 4.69) is 29.0 Å². The molecule has 2 aromatic carbocycles. The molecule has 0 spiro atoms. The van der Waals surface area contributed by atoms with Gasteiger partial charge in [0.15, 0.2) is 0 Å². The predicted molar refractivity (Wildman–Crippen MR) is 135 cm³/mol. The Bertz CT molecular complexity index is 1140. The summed E-state index contributed by atoms with van der Waals surface area (Å²) in [6, 6.07) is 15.0. The number of piperidine rings is 2. The lowest BCUT2D eigenvalue weighted by molar-refractivity contribution is -0.197. The molecule has 4 heterocycles. The van der Waals surface area contributed by atoms with E-state index in [4.69, 9.17) is 4.74 Å². The van der Waals surface area contributed by atoms with E-state index < -0.39 is 11.9 Å². The van der Waals surface area contributed by atoms with E-state index in [1.54, 1.807) is 31.4 Å². The highest BCUT2D eigenvalue weighted by atomic mass is 16.5. The fraction of sp³-hybridized carbons (Fsp3) is 0.464. The summed E-state index contributed by atoms with van der Waals surface area (Å²) in [5.41, 5.74) is 2.01. The Morgan fingerprint density at radius 3 is 2.03 bits per heavy atom. The van der Waals surface area contributed by atoms with Crippen molar-refractivity contribution in [3.8, 4) is 5.75 Å². The summed E-state index contributed by atoms with van der Waals surface area (Å²) in [5, 5.41) is 12.3. The van der Waals surface area contributed by atoms with Crippen LogP contribution in [-0.4, -0.2) is 65.9 Å². The van der Waals surface area contributed by atoms with Crippen LogP contribution in [0.3, 0.4) is 0 Å². The largest absolute Gasteiger partial charge is 0.497 e. The minimum absolute atomic E-state index is 0.0652. The number of ketones is 1. The SMILES string of the molecule is COc1ccc(C(CC(=O)O)CC(=O)Nc2ccc(C3N4CC5(C)CN3CC(C)(C4)C5=O)cc2)cc1. The van der Waals surface area contributed by atoms with Crippen molar-refractivity contribution in [1.82, 2.24) is 9.80 Å². The molecule has 8 heteroatoms. The van der Waals surface area contributed by atoms with Gasteiger partial charge in [-0.2, -0.15) is 0 Å². The maximum Gasteiger partial charge on any atom is 0.303 e. The second-order valence-corrected chi connectivity index (χ2v) is 11.1. The third-order valence-corrected chi connectivity index (χ3v) is 7.93. The highest BCUT2D eigenvalue weighted by Gasteiger charge is 2.62. The summed E-state index contributed by atoms with van der Waals surface area (Å²) in [6.45, 7) is 7.28. The van der Waals surface area contributed by atoms with E-state index in [1.165, 1.54) is 0 Å². The summed E-state index contributed by atoms with van der Waals surface area (Å²) >= 11 is 0. The number of aliphatic carboxylic acids is 1. The Kier molecular flexibility index (Phi) is 6.12. The van der Waals surface area contributed by atoms with Crippen LogP contribution in [0.15, 0.2) is 48.5 Å². The highest BCUT2D eigenvalue weighted by Crippen LogP contribution is 2.51. The standard InChI is InChI=1S/C28H33N3O5/c1-27-14-30-16-28(2,26(27)35)17-31(15-27)25(30)19-4-8-21(9-5-19)29-23(32)12-20(13-24(33)34)18-6-10-22(36-3)11-7-18/h4-11,20,25H,12-17H2,1-3H3,(H,29,32)(H,33,34). The molecule has 8 nitrogen and oxygen atoms in total. The quantitative estimate of drug-likeness (QED) is 0.583. The molecular formula is C28H33N3O5. The van der Waals surface area contributed by atoms with Gasteiger partial charge in [-0.25, -0.2) is 0 Å². The minimum atomic E-state index is -0.946. The number of ether oxygens (including phenoxy) is 1. The normalized spacial score (nSPS) is 31.2. The lowest BCUT2D eigenvalue weighted by Gasteiger charge is -2.64.